The van der Waals surface area contributed by atoms with Crippen molar-refractivity contribution in [2.75, 3.05) is 44.9 Å². The Kier molecular flexibility index (Phi) is 9.83. The number of amides is 1. The van der Waals surface area contributed by atoms with Gasteiger partial charge in [-0.2, -0.15) is 5.10 Å². The summed E-state index contributed by atoms with van der Waals surface area (Å²) >= 11 is 0. The number of carbonyl (C=O) groups is 3. The molecule has 4 bridgehead atoms. The molecule has 3 aromatic rings. The number of hydrogen-bond acceptors (Lipinski definition) is 9. The van der Waals surface area contributed by atoms with Crippen LogP contribution in [0.2, 0.25) is 0 Å². The Morgan fingerprint density at radius 3 is 2.54 bits per heavy atom. The molecular weight excluding hydrogens is 588 g/mol. The van der Waals surface area contributed by atoms with E-state index >= 15 is 0 Å². The number of aromatic nitrogens is 2. The number of ketones is 1. The zero-order chi connectivity index (χ0) is 33.1. The lowest BCUT2D eigenvalue weighted by molar-refractivity contribution is -0.164. The fraction of sp³-hybridized carbons (Fsp3) is 0.486. The van der Waals surface area contributed by atoms with Gasteiger partial charge in [-0.15, -0.1) is 0 Å². The number of methoxy groups -OCH3 is 1. The minimum Gasteiger partial charge on any atom is -0.489 e. The van der Waals surface area contributed by atoms with Crippen LogP contribution in [0.25, 0.3) is 5.52 Å². The number of piperidine rings is 1. The molecule has 1 saturated heterocycles. The van der Waals surface area contributed by atoms with Crippen LogP contribution in [0, 0.1) is 6.92 Å². The molecular formula is C35H44N4O7. The summed E-state index contributed by atoms with van der Waals surface area (Å²) in [5.74, 6) is -0.534. The molecule has 11 heteroatoms. The van der Waals surface area contributed by atoms with E-state index in [1.54, 1.807) is 16.8 Å². The highest BCUT2D eigenvalue weighted by molar-refractivity contribution is 5.98. The Hall–Kier alpha value is -4.22. The first-order chi connectivity index (χ1) is 21.9. The summed E-state index contributed by atoms with van der Waals surface area (Å²) in [6.45, 7) is 11.6. The van der Waals surface area contributed by atoms with E-state index < -0.39 is 23.6 Å². The van der Waals surface area contributed by atoms with E-state index in [2.05, 4.69) is 22.2 Å². The van der Waals surface area contributed by atoms with Crippen LogP contribution in [0.4, 0.5) is 5.69 Å². The van der Waals surface area contributed by atoms with E-state index in [0.717, 1.165) is 29.7 Å². The molecule has 2 aromatic heterocycles. The van der Waals surface area contributed by atoms with Crippen molar-refractivity contribution >= 4 is 28.9 Å². The molecule has 3 aliphatic rings. The minimum absolute atomic E-state index is 0.108. The third kappa shape index (κ3) is 7.59. The summed E-state index contributed by atoms with van der Waals surface area (Å²) < 4.78 is 25.5. The number of ether oxygens (including phenoxy) is 4. The second-order valence-electron chi connectivity index (χ2n) is 13.1. The molecule has 246 valence electrons. The van der Waals surface area contributed by atoms with Gasteiger partial charge in [-0.25, -0.2) is 9.31 Å². The molecule has 1 atom stereocenters. The largest absolute Gasteiger partial charge is 0.489 e. The van der Waals surface area contributed by atoms with Crippen LogP contribution in [-0.2, 0) is 30.2 Å². The van der Waals surface area contributed by atoms with Gasteiger partial charge >= 0.3 is 5.97 Å². The first-order valence-corrected chi connectivity index (χ1v) is 15.7. The third-order valence-electron chi connectivity index (χ3n) is 8.33. The number of aryl methyl sites for hydroxylation is 1. The van der Waals surface area contributed by atoms with E-state index in [1.807, 2.05) is 64.1 Å². The van der Waals surface area contributed by atoms with E-state index in [-0.39, 0.29) is 30.0 Å². The van der Waals surface area contributed by atoms with Gasteiger partial charge in [0, 0.05) is 36.8 Å². The zero-order valence-electron chi connectivity index (χ0n) is 27.6. The number of carbonyl (C=O) groups excluding carboxylic acids is 3. The van der Waals surface area contributed by atoms with Crippen molar-refractivity contribution in [3.63, 3.8) is 0 Å². The smallest absolute Gasteiger partial charge is 0.339 e. The maximum atomic E-state index is 13.3. The van der Waals surface area contributed by atoms with Gasteiger partial charge in [0.1, 0.15) is 12.4 Å². The maximum Gasteiger partial charge on any atom is 0.339 e. The number of pyridine rings is 1. The van der Waals surface area contributed by atoms with E-state index in [1.165, 1.54) is 7.11 Å². The van der Waals surface area contributed by atoms with Crippen LogP contribution in [0.3, 0.4) is 0 Å². The number of Topliss-reactive ketones (excluding diaryl/α,β-unsaturated/α-hetero) is 1. The molecule has 0 aliphatic carbocycles. The van der Waals surface area contributed by atoms with Gasteiger partial charge < -0.3 is 29.2 Å². The van der Waals surface area contributed by atoms with Crippen LogP contribution in [0.15, 0.2) is 48.7 Å². The molecule has 11 nitrogen and oxygen atoms in total. The summed E-state index contributed by atoms with van der Waals surface area (Å²) in [5, 5.41) is 7.33. The summed E-state index contributed by atoms with van der Waals surface area (Å²) in [5.41, 5.74) is 2.72. The van der Waals surface area contributed by atoms with Crippen LogP contribution in [-0.4, -0.2) is 78.4 Å². The second kappa shape index (κ2) is 13.6. The Morgan fingerprint density at radius 1 is 1.11 bits per heavy atom. The number of anilines is 1. The fourth-order valence-electron chi connectivity index (χ4n) is 5.91. The molecule has 1 aromatic carbocycles. The van der Waals surface area contributed by atoms with Gasteiger partial charge in [0.05, 0.1) is 42.7 Å². The van der Waals surface area contributed by atoms with Crippen molar-refractivity contribution in [1.82, 2.24) is 14.9 Å². The Morgan fingerprint density at radius 2 is 1.83 bits per heavy atom. The topological polar surface area (TPSA) is 121 Å². The number of rotatable bonds is 3. The lowest BCUT2D eigenvalue weighted by Gasteiger charge is -2.41. The van der Waals surface area contributed by atoms with Crippen molar-refractivity contribution in [2.24, 2.45) is 0 Å². The number of fused-ring (bicyclic) bond motifs is 10. The number of nitrogens with one attached hydrogen (secondary N) is 1. The highest BCUT2D eigenvalue weighted by Gasteiger charge is 2.37. The van der Waals surface area contributed by atoms with Gasteiger partial charge in [-0.05, 0) is 71.2 Å². The summed E-state index contributed by atoms with van der Waals surface area (Å²) in [4.78, 5) is 41.7. The summed E-state index contributed by atoms with van der Waals surface area (Å²) in [6, 6.07) is 9.09. The van der Waals surface area contributed by atoms with E-state index in [0.29, 0.717) is 43.1 Å². The van der Waals surface area contributed by atoms with Gasteiger partial charge in [-0.3, -0.25) is 9.59 Å². The monoisotopic (exact) mass is 632 g/mol. The van der Waals surface area contributed by atoms with Crippen LogP contribution in [0.1, 0.15) is 73.8 Å². The summed E-state index contributed by atoms with van der Waals surface area (Å²) in [6.07, 6.45) is 6.21. The summed E-state index contributed by atoms with van der Waals surface area (Å²) in [7, 11) is 1.35. The highest BCUT2D eigenvalue weighted by Crippen LogP contribution is 2.41. The lowest BCUT2D eigenvalue weighted by atomic mass is 9.91. The van der Waals surface area contributed by atoms with Gasteiger partial charge in [0.25, 0.3) is 5.91 Å². The molecule has 1 amide bonds. The minimum atomic E-state index is -1.01. The molecule has 1 N–H and O–H groups in total. The van der Waals surface area contributed by atoms with Crippen molar-refractivity contribution < 1.29 is 33.3 Å². The SMILES string of the molecule is COC(=O)[C@@H](OC(C)(C)C)c1c(C)cn2nc3cc2c1N1CCC(C)(CC1)OC/C=C/COc1ccccc1CC(=O)CNC3=O. The molecule has 46 heavy (non-hydrogen) atoms. The van der Waals surface area contributed by atoms with E-state index in [4.69, 9.17) is 18.9 Å². The Balaban J connectivity index is 1.57. The van der Waals surface area contributed by atoms with Crippen LogP contribution < -0.4 is 15.0 Å². The van der Waals surface area contributed by atoms with Crippen molar-refractivity contribution in [3.8, 4) is 5.75 Å². The number of para-hydroxylation sites is 1. The average molecular weight is 633 g/mol. The molecule has 0 spiro atoms. The standard InChI is InChI=1S/C35H44N4O7/c1-23-22-39-27-20-26(37-39)32(41)36-21-25(40)19-24-11-7-8-12-28(24)44-17-9-10-18-45-35(5)13-15-38(16-14-35)30(27)29(23)31(33(42)43-6)46-34(2,3)4/h7-12,20,22,31H,13-19,21H2,1-6H3,(H,36,41)/b10-9+/t31-/m0/s1. The fourth-order valence-corrected chi connectivity index (χ4v) is 5.91. The average Bonchev–Trinajstić information content (AvgIpc) is 3.43. The first-order valence-electron chi connectivity index (χ1n) is 15.7. The molecule has 3 aliphatic heterocycles. The molecule has 0 unspecified atom stereocenters. The number of hydrogen-bond donors (Lipinski definition) is 1. The van der Waals surface area contributed by atoms with Gasteiger partial charge in [0.2, 0.25) is 0 Å². The first kappa shape index (κ1) is 33.2. The second-order valence-corrected chi connectivity index (χ2v) is 13.1. The molecule has 0 radical (unpaired) electrons. The van der Waals surface area contributed by atoms with E-state index in [9.17, 15) is 14.4 Å². The highest BCUT2D eigenvalue weighted by atomic mass is 16.6. The molecule has 1 fully saturated rings. The Labute approximate surface area is 269 Å². The van der Waals surface area contributed by atoms with Crippen molar-refractivity contribution in [1.29, 1.82) is 0 Å². The molecule has 5 heterocycles. The van der Waals surface area contributed by atoms with Crippen LogP contribution >= 0.6 is 0 Å². The molecule has 0 saturated carbocycles. The lowest BCUT2D eigenvalue weighted by Crippen LogP contribution is -2.45. The number of nitrogens with zero attached hydrogens (tertiary/aromatic N) is 3. The quantitative estimate of drug-likeness (QED) is 0.328. The van der Waals surface area contributed by atoms with Gasteiger partial charge in [-0.1, -0.05) is 24.3 Å². The Bertz CT molecular complexity index is 1630. The maximum absolute atomic E-state index is 13.3. The van der Waals surface area contributed by atoms with Crippen LogP contribution in [0.5, 0.6) is 5.75 Å². The molecule has 6 rings (SSSR count). The number of benzene rings is 1. The van der Waals surface area contributed by atoms with Gasteiger partial charge in [0.15, 0.2) is 17.6 Å². The predicted molar refractivity (Wildman–Crippen MR) is 173 cm³/mol. The van der Waals surface area contributed by atoms with Crippen molar-refractivity contribution in [3.05, 3.63) is 71.1 Å². The normalized spacial score (nSPS) is 19.1. The third-order valence-corrected chi connectivity index (χ3v) is 8.33. The zero-order valence-corrected chi connectivity index (χ0v) is 27.6. The predicted octanol–water partition coefficient (Wildman–Crippen LogP) is 4.54. The van der Waals surface area contributed by atoms with Crippen molar-refractivity contribution in [2.45, 2.75) is 71.2 Å². The number of esters is 1.